The summed E-state index contributed by atoms with van der Waals surface area (Å²) in [4.78, 5) is 13.0. The molecule has 1 heterocycles. The van der Waals surface area contributed by atoms with Crippen LogP contribution in [0.3, 0.4) is 0 Å². The van der Waals surface area contributed by atoms with Crippen molar-refractivity contribution in [2.45, 2.75) is 36.3 Å². The highest BCUT2D eigenvalue weighted by molar-refractivity contribution is 7.90. The first-order chi connectivity index (χ1) is 19.6. The second kappa shape index (κ2) is 11.1. The number of esters is 1. The van der Waals surface area contributed by atoms with Crippen molar-refractivity contribution in [1.82, 2.24) is 3.97 Å². The van der Waals surface area contributed by atoms with Crippen LogP contribution in [-0.2, 0) is 24.8 Å². The number of fused-ring (bicyclic) bond motifs is 1. The summed E-state index contributed by atoms with van der Waals surface area (Å²) in [5.41, 5.74) is 1.76. The first kappa shape index (κ1) is 28.5. The Balaban J connectivity index is 1.86. The van der Waals surface area contributed by atoms with Crippen molar-refractivity contribution in [3.05, 3.63) is 138 Å². The van der Waals surface area contributed by atoms with Gasteiger partial charge in [-0.3, -0.25) is 0 Å². The number of aromatic nitrogens is 1. The Kier molecular flexibility index (Phi) is 7.74. The van der Waals surface area contributed by atoms with Crippen molar-refractivity contribution < 1.29 is 22.4 Å². The van der Waals surface area contributed by atoms with Crippen molar-refractivity contribution in [2.75, 3.05) is 7.11 Å². The number of methoxy groups -OCH3 is 1. The molecule has 0 aliphatic rings. The van der Waals surface area contributed by atoms with E-state index in [1.165, 1.54) is 19.2 Å². The smallest absolute Gasteiger partial charge is 0.355 e. The maximum absolute atomic E-state index is 14.0. The molecule has 1 aromatic heterocycles. The standard InChI is InChI=1S/C33H31NO5SSi/c1-32(2,3)41-39-33(25-14-8-5-9-15-25,26-16-10-6-11-17-26)27-21-20-24-22-30(31(35)38-4)34(29(24)23-27)40(36,37)28-18-12-7-13-19-28/h5-23H,1-4H3. The normalized spacial score (nSPS) is 12.4. The van der Waals surface area contributed by atoms with Crippen molar-refractivity contribution in [3.8, 4) is 0 Å². The van der Waals surface area contributed by atoms with Crippen LogP contribution in [0.2, 0.25) is 5.04 Å². The number of rotatable bonds is 8. The van der Waals surface area contributed by atoms with Gasteiger partial charge >= 0.3 is 5.97 Å². The van der Waals surface area contributed by atoms with E-state index in [-0.39, 0.29) is 25.4 Å². The van der Waals surface area contributed by atoms with Crippen LogP contribution < -0.4 is 0 Å². The van der Waals surface area contributed by atoms with Gasteiger partial charge < -0.3 is 9.16 Å². The first-order valence-electron chi connectivity index (χ1n) is 13.2. The average Bonchev–Trinajstić information content (AvgIpc) is 3.38. The summed E-state index contributed by atoms with van der Waals surface area (Å²) in [5, 5.41) is 0.454. The van der Waals surface area contributed by atoms with Crippen molar-refractivity contribution in [1.29, 1.82) is 0 Å². The van der Waals surface area contributed by atoms with E-state index in [1.807, 2.05) is 78.9 Å². The number of ether oxygens (including phenoxy) is 1. The molecule has 5 aromatic rings. The van der Waals surface area contributed by atoms with E-state index < -0.39 is 21.6 Å². The van der Waals surface area contributed by atoms with E-state index in [2.05, 4.69) is 20.8 Å². The maximum atomic E-state index is 14.0. The lowest BCUT2D eigenvalue weighted by atomic mass is 9.80. The van der Waals surface area contributed by atoms with E-state index >= 15 is 0 Å². The predicted molar refractivity (Wildman–Crippen MR) is 162 cm³/mol. The molecule has 0 saturated heterocycles. The molecule has 0 amide bonds. The molecule has 4 aromatic carbocycles. The summed E-state index contributed by atoms with van der Waals surface area (Å²) in [6.07, 6.45) is 0. The van der Waals surface area contributed by atoms with Crippen LogP contribution in [0.25, 0.3) is 10.9 Å². The third kappa shape index (κ3) is 5.38. The maximum Gasteiger partial charge on any atom is 0.355 e. The number of hydrogen-bond acceptors (Lipinski definition) is 5. The Labute approximate surface area is 243 Å². The minimum Gasteiger partial charge on any atom is -0.464 e. The van der Waals surface area contributed by atoms with Gasteiger partial charge in [-0.15, -0.1) is 0 Å². The second-order valence-corrected chi connectivity index (χ2v) is 14.4. The quantitative estimate of drug-likeness (QED) is 0.114. The van der Waals surface area contributed by atoms with Gasteiger partial charge in [0.1, 0.15) is 11.3 Å². The molecular weight excluding hydrogens is 551 g/mol. The van der Waals surface area contributed by atoms with E-state index in [0.717, 1.165) is 20.7 Å². The van der Waals surface area contributed by atoms with Gasteiger partial charge in [0.25, 0.3) is 10.0 Å². The Morgan fingerprint density at radius 3 is 1.78 bits per heavy atom. The van der Waals surface area contributed by atoms with Crippen LogP contribution in [0.5, 0.6) is 0 Å². The molecule has 0 N–H and O–H groups in total. The zero-order valence-electron chi connectivity index (χ0n) is 23.4. The summed E-state index contributed by atoms with van der Waals surface area (Å²) in [6.45, 7) is 6.36. The molecule has 0 atom stereocenters. The highest BCUT2D eigenvalue weighted by Crippen LogP contribution is 2.43. The van der Waals surface area contributed by atoms with E-state index in [0.29, 0.717) is 10.9 Å². The number of nitrogens with zero attached hydrogens (tertiary/aromatic N) is 1. The van der Waals surface area contributed by atoms with Crippen LogP contribution in [0.4, 0.5) is 0 Å². The fourth-order valence-corrected chi connectivity index (χ4v) is 7.18. The van der Waals surface area contributed by atoms with Crippen LogP contribution in [0.15, 0.2) is 120 Å². The van der Waals surface area contributed by atoms with Crippen LogP contribution in [-0.4, -0.2) is 35.2 Å². The summed E-state index contributed by atoms with van der Waals surface area (Å²) >= 11 is 0. The Bertz CT molecular complexity index is 1740. The molecule has 2 radical (unpaired) electrons. The molecule has 208 valence electrons. The summed E-state index contributed by atoms with van der Waals surface area (Å²) in [5.74, 6) is -0.745. The molecule has 0 aliphatic carbocycles. The predicted octanol–water partition coefficient (Wildman–Crippen LogP) is 6.81. The van der Waals surface area contributed by atoms with E-state index in [4.69, 9.17) is 9.16 Å². The molecule has 0 spiro atoms. The second-order valence-electron chi connectivity index (χ2n) is 10.7. The van der Waals surface area contributed by atoms with E-state index in [1.54, 1.807) is 24.3 Å². The number of carbonyl (C=O) groups is 1. The van der Waals surface area contributed by atoms with Crippen LogP contribution in [0, 0.1) is 0 Å². The molecule has 0 unspecified atom stereocenters. The van der Waals surface area contributed by atoms with Gasteiger partial charge in [-0.1, -0.05) is 112 Å². The first-order valence-corrected chi connectivity index (χ1v) is 15.5. The fraction of sp³-hybridized carbons (Fsp3) is 0.182. The Hall–Kier alpha value is -3.98. The third-order valence-corrected chi connectivity index (χ3v) is 9.48. The molecule has 0 fully saturated rings. The van der Waals surface area contributed by atoms with Crippen LogP contribution >= 0.6 is 0 Å². The highest BCUT2D eigenvalue weighted by Gasteiger charge is 2.39. The number of carbonyl (C=O) groups excluding carboxylic acids is 1. The van der Waals surface area contributed by atoms with Crippen molar-refractivity contribution >= 4 is 36.7 Å². The lowest BCUT2D eigenvalue weighted by Crippen LogP contribution is -2.36. The van der Waals surface area contributed by atoms with Crippen molar-refractivity contribution in [2.24, 2.45) is 0 Å². The Morgan fingerprint density at radius 1 is 0.732 bits per heavy atom. The zero-order valence-corrected chi connectivity index (χ0v) is 25.2. The molecule has 0 bridgehead atoms. The third-order valence-electron chi connectivity index (χ3n) is 6.71. The average molecular weight is 582 g/mol. The molecule has 5 rings (SSSR count). The van der Waals surface area contributed by atoms with Gasteiger partial charge in [0.05, 0.1) is 17.5 Å². The van der Waals surface area contributed by atoms with Gasteiger partial charge in [0.15, 0.2) is 0 Å². The molecule has 8 heteroatoms. The zero-order chi connectivity index (χ0) is 29.3. The lowest BCUT2D eigenvalue weighted by Gasteiger charge is -2.38. The van der Waals surface area contributed by atoms with Crippen molar-refractivity contribution in [3.63, 3.8) is 0 Å². The monoisotopic (exact) mass is 581 g/mol. The Morgan fingerprint density at radius 2 is 1.27 bits per heavy atom. The minimum atomic E-state index is -4.16. The lowest BCUT2D eigenvalue weighted by molar-refractivity contribution is 0.0593. The minimum absolute atomic E-state index is 0.0657. The van der Waals surface area contributed by atoms with Gasteiger partial charge in [-0.25, -0.2) is 17.2 Å². The van der Waals surface area contributed by atoms with Gasteiger partial charge in [-0.2, -0.15) is 0 Å². The number of benzene rings is 4. The van der Waals surface area contributed by atoms with Gasteiger partial charge in [-0.05, 0) is 46.0 Å². The molecular formula is C33H31NO5SSi. The van der Waals surface area contributed by atoms with E-state index in [9.17, 15) is 13.2 Å². The molecule has 0 saturated carbocycles. The number of hydrogen-bond donors (Lipinski definition) is 0. The molecule has 41 heavy (non-hydrogen) atoms. The SMILES string of the molecule is COC(=O)c1cc2ccc(C(O[Si]C(C)(C)C)(c3ccccc3)c3ccccc3)cc2n1S(=O)(=O)c1ccccc1. The summed E-state index contributed by atoms with van der Waals surface area (Å²) in [7, 11) is -2.81. The summed E-state index contributed by atoms with van der Waals surface area (Å²) in [6, 6.07) is 35.0. The fourth-order valence-electron chi connectivity index (χ4n) is 4.85. The molecule has 6 nitrogen and oxygen atoms in total. The molecule has 0 aliphatic heterocycles. The highest BCUT2D eigenvalue weighted by atomic mass is 32.2. The van der Waals surface area contributed by atoms with Gasteiger partial charge in [0.2, 0.25) is 9.76 Å². The summed E-state index contributed by atoms with van der Waals surface area (Å²) < 4.78 is 41.1. The largest absolute Gasteiger partial charge is 0.464 e. The van der Waals surface area contributed by atoms with Gasteiger partial charge in [0, 0.05) is 5.39 Å². The van der Waals surface area contributed by atoms with Crippen LogP contribution in [0.1, 0.15) is 48.0 Å². The topological polar surface area (TPSA) is 74.6 Å².